The van der Waals surface area contributed by atoms with Gasteiger partial charge in [-0.25, -0.2) is 0 Å². The molecule has 0 spiro atoms. The van der Waals surface area contributed by atoms with Gasteiger partial charge < -0.3 is 4.57 Å². The first-order chi connectivity index (χ1) is 14.3. The van der Waals surface area contributed by atoms with Crippen molar-refractivity contribution in [2.24, 2.45) is 0 Å². The van der Waals surface area contributed by atoms with Crippen LogP contribution in [-0.4, -0.2) is 24.8 Å². The van der Waals surface area contributed by atoms with E-state index in [1.807, 2.05) is 80.1 Å². The number of carbonyl (C=O) groups is 1. The molecule has 3 aromatic carbocycles. The smallest absolute Gasteiger partial charge is 0.163 e. The van der Waals surface area contributed by atoms with Gasteiger partial charge in [0.05, 0.1) is 7.14 Å². The molecule has 3 rings (SSSR count). The Balaban J connectivity index is 1.63. The Bertz CT molecular complexity index is 1010. The summed E-state index contributed by atoms with van der Waals surface area (Å²) in [6.45, 7) is 3.62. The molecular weight excluding hydrogens is 455 g/mol. The van der Waals surface area contributed by atoms with E-state index in [1.54, 1.807) is 0 Å². The molecule has 1 atom stereocenters. The summed E-state index contributed by atoms with van der Waals surface area (Å²) >= 11 is 3.45. The van der Waals surface area contributed by atoms with Crippen molar-refractivity contribution in [1.82, 2.24) is 0 Å². The van der Waals surface area contributed by atoms with Gasteiger partial charge in [-0.3, -0.25) is 4.79 Å². The molecule has 0 radical (unpaired) electrons. The summed E-state index contributed by atoms with van der Waals surface area (Å²) in [6.07, 6.45) is 3.04. The predicted octanol–water partition coefficient (Wildman–Crippen LogP) is 7.70. The molecular formula is C26H28BrO2P. The van der Waals surface area contributed by atoms with Gasteiger partial charge in [-0.2, -0.15) is 0 Å². The Labute approximate surface area is 188 Å². The van der Waals surface area contributed by atoms with Crippen LogP contribution in [0.1, 0.15) is 35.2 Å². The standard InChI is InChI=1S/C26H28BrO2P/c1-30(2,29)25(10-6-9-20-7-4-3-5-8-20)19-26(28)23-13-11-21(12-14-23)22-15-17-24(27)18-16-22/h3-5,7-8,11-18,25H,6,9-10,19H2,1-2H3. The maximum absolute atomic E-state index is 12.9. The van der Waals surface area contributed by atoms with Crippen molar-refractivity contribution < 1.29 is 9.36 Å². The first-order valence-electron chi connectivity index (χ1n) is 10.3. The van der Waals surface area contributed by atoms with E-state index in [0.717, 1.165) is 34.9 Å². The van der Waals surface area contributed by atoms with Gasteiger partial charge in [0.25, 0.3) is 0 Å². The molecule has 0 aliphatic heterocycles. The fourth-order valence-corrected chi connectivity index (χ4v) is 5.32. The second kappa shape index (κ2) is 10.4. The SMILES string of the molecule is CP(C)(=O)C(CCCc1ccccc1)CC(=O)c1ccc(-c2ccc(Br)cc2)cc1. The monoisotopic (exact) mass is 482 g/mol. The molecule has 0 aliphatic carbocycles. The van der Waals surface area contributed by atoms with Crippen LogP contribution in [0.4, 0.5) is 0 Å². The minimum atomic E-state index is -2.36. The van der Waals surface area contributed by atoms with Crippen LogP contribution in [0.3, 0.4) is 0 Å². The van der Waals surface area contributed by atoms with Crippen molar-refractivity contribution in [3.8, 4) is 11.1 Å². The average molecular weight is 483 g/mol. The Kier molecular flexibility index (Phi) is 7.86. The zero-order valence-corrected chi connectivity index (χ0v) is 20.0. The predicted molar refractivity (Wildman–Crippen MR) is 131 cm³/mol. The summed E-state index contributed by atoms with van der Waals surface area (Å²) in [4.78, 5) is 12.9. The Morgan fingerprint density at radius 1 is 0.867 bits per heavy atom. The van der Waals surface area contributed by atoms with Gasteiger partial charge in [-0.1, -0.05) is 82.7 Å². The zero-order chi connectivity index (χ0) is 21.6. The number of aryl methyl sites for hydroxylation is 1. The van der Waals surface area contributed by atoms with Crippen molar-refractivity contribution in [3.63, 3.8) is 0 Å². The van der Waals surface area contributed by atoms with Crippen LogP contribution in [0.2, 0.25) is 0 Å². The fourth-order valence-electron chi connectivity index (χ4n) is 3.64. The highest BCUT2D eigenvalue weighted by atomic mass is 79.9. The summed E-state index contributed by atoms with van der Waals surface area (Å²) in [5.41, 5.74) is 4.10. The maximum atomic E-state index is 12.9. The van der Waals surface area contributed by atoms with Gasteiger partial charge in [-0.05, 0) is 61.4 Å². The third-order valence-electron chi connectivity index (χ3n) is 5.53. The number of benzene rings is 3. The van der Waals surface area contributed by atoms with Gasteiger partial charge in [0.15, 0.2) is 5.78 Å². The summed E-state index contributed by atoms with van der Waals surface area (Å²) in [5, 5.41) is 0. The lowest BCUT2D eigenvalue weighted by molar-refractivity contribution is 0.0980. The number of Topliss-reactive ketones (excluding diaryl/α,β-unsaturated/α-hetero) is 1. The van der Waals surface area contributed by atoms with E-state index in [1.165, 1.54) is 5.56 Å². The van der Waals surface area contributed by atoms with E-state index < -0.39 is 7.14 Å². The number of halogens is 1. The summed E-state index contributed by atoms with van der Waals surface area (Å²) in [6, 6.07) is 26.2. The van der Waals surface area contributed by atoms with Gasteiger partial charge >= 0.3 is 0 Å². The second-order valence-corrected chi connectivity index (χ2v) is 12.7. The lowest BCUT2D eigenvalue weighted by Crippen LogP contribution is -2.15. The van der Waals surface area contributed by atoms with Crippen LogP contribution in [0, 0.1) is 0 Å². The highest BCUT2D eigenvalue weighted by Crippen LogP contribution is 2.47. The zero-order valence-electron chi connectivity index (χ0n) is 17.6. The highest BCUT2D eigenvalue weighted by molar-refractivity contribution is 9.10. The van der Waals surface area contributed by atoms with E-state index in [4.69, 9.17) is 0 Å². The molecule has 0 fully saturated rings. The molecule has 0 N–H and O–H groups in total. The Morgan fingerprint density at radius 3 is 2.00 bits per heavy atom. The molecule has 4 heteroatoms. The van der Waals surface area contributed by atoms with E-state index in [9.17, 15) is 9.36 Å². The van der Waals surface area contributed by atoms with Gasteiger partial charge in [0.2, 0.25) is 0 Å². The molecule has 0 heterocycles. The van der Waals surface area contributed by atoms with Gasteiger partial charge in [0, 0.05) is 22.1 Å². The number of ketones is 1. The molecule has 0 amide bonds. The van der Waals surface area contributed by atoms with Crippen molar-refractivity contribution in [2.75, 3.05) is 13.3 Å². The number of carbonyl (C=O) groups excluding carboxylic acids is 1. The largest absolute Gasteiger partial charge is 0.324 e. The van der Waals surface area contributed by atoms with Crippen molar-refractivity contribution >= 4 is 28.9 Å². The molecule has 3 aromatic rings. The minimum absolute atomic E-state index is 0.0696. The first kappa shape index (κ1) is 22.7. The van der Waals surface area contributed by atoms with Gasteiger partial charge in [-0.15, -0.1) is 0 Å². The second-order valence-electron chi connectivity index (χ2n) is 8.18. The maximum Gasteiger partial charge on any atom is 0.163 e. The first-order valence-corrected chi connectivity index (χ1v) is 13.8. The normalized spacial score (nSPS) is 12.5. The van der Waals surface area contributed by atoms with Crippen LogP contribution >= 0.6 is 23.1 Å². The third-order valence-corrected chi connectivity index (χ3v) is 8.26. The molecule has 0 saturated heterocycles. The molecule has 156 valence electrons. The molecule has 0 saturated carbocycles. The summed E-state index contributed by atoms with van der Waals surface area (Å²) in [5.74, 6) is 0.0750. The summed E-state index contributed by atoms with van der Waals surface area (Å²) < 4.78 is 13.9. The molecule has 0 aliphatic rings. The van der Waals surface area contributed by atoms with E-state index >= 15 is 0 Å². The molecule has 30 heavy (non-hydrogen) atoms. The minimum Gasteiger partial charge on any atom is -0.324 e. The molecule has 0 aromatic heterocycles. The molecule has 0 bridgehead atoms. The quantitative estimate of drug-likeness (QED) is 0.231. The van der Waals surface area contributed by atoms with E-state index in [2.05, 4.69) is 28.1 Å². The lowest BCUT2D eigenvalue weighted by Gasteiger charge is -2.21. The van der Waals surface area contributed by atoms with Crippen LogP contribution < -0.4 is 0 Å². The van der Waals surface area contributed by atoms with Crippen molar-refractivity contribution in [3.05, 3.63) is 94.5 Å². The Morgan fingerprint density at radius 2 is 1.43 bits per heavy atom. The molecule has 1 unspecified atom stereocenters. The van der Waals surface area contributed by atoms with Gasteiger partial charge in [0.1, 0.15) is 0 Å². The lowest BCUT2D eigenvalue weighted by atomic mass is 9.99. The fraction of sp³-hybridized carbons (Fsp3) is 0.269. The highest BCUT2D eigenvalue weighted by Gasteiger charge is 2.26. The van der Waals surface area contributed by atoms with Crippen LogP contribution in [-0.2, 0) is 11.0 Å². The van der Waals surface area contributed by atoms with E-state index in [-0.39, 0.29) is 11.4 Å². The summed E-state index contributed by atoms with van der Waals surface area (Å²) in [7, 11) is -2.36. The third kappa shape index (κ3) is 6.52. The number of rotatable bonds is 9. The van der Waals surface area contributed by atoms with Crippen molar-refractivity contribution in [2.45, 2.75) is 31.3 Å². The van der Waals surface area contributed by atoms with Crippen molar-refractivity contribution in [1.29, 1.82) is 0 Å². The van der Waals surface area contributed by atoms with E-state index in [0.29, 0.717) is 12.0 Å². The average Bonchev–Trinajstić information content (AvgIpc) is 2.74. The van der Waals surface area contributed by atoms with Crippen LogP contribution in [0.25, 0.3) is 11.1 Å². The van der Waals surface area contributed by atoms with Crippen LogP contribution in [0.15, 0.2) is 83.3 Å². The Hall–Kier alpha value is -1.96. The molecule has 2 nitrogen and oxygen atoms in total. The van der Waals surface area contributed by atoms with Crippen LogP contribution in [0.5, 0.6) is 0 Å². The number of hydrogen-bond acceptors (Lipinski definition) is 2. The topological polar surface area (TPSA) is 34.1 Å². The number of hydrogen-bond donors (Lipinski definition) is 0.